The molecule has 0 unspecified atom stereocenters. The number of halogens is 2. The fraction of sp³-hybridized carbons (Fsp3) is 0.0625. The molecule has 2 aromatic carbocycles. The molecule has 0 radical (unpaired) electrons. The van der Waals surface area contributed by atoms with Crippen LogP contribution < -0.4 is 5.56 Å². The zero-order valence-corrected chi connectivity index (χ0v) is 12.0. The summed E-state index contributed by atoms with van der Waals surface area (Å²) in [6.45, 7) is 0.430. The molecule has 3 rings (SSSR count). The first-order valence-electron chi connectivity index (χ1n) is 6.17. The minimum absolute atomic E-state index is 0.0193. The molecular weight excluding hydrogens is 293 g/mol. The van der Waals surface area contributed by atoms with E-state index in [1.54, 1.807) is 22.9 Å². The Morgan fingerprint density at radius 3 is 2.60 bits per heavy atom. The van der Waals surface area contributed by atoms with Crippen LogP contribution in [0.2, 0.25) is 10.0 Å². The van der Waals surface area contributed by atoms with Crippen molar-refractivity contribution in [2.75, 3.05) is 0 Å². The molecule has 0 bridgehead atoms. The number of benzene rings is 2. The number of nitrogens with zero attached hydrogens (tertiary/aromatic N) is 1. The van der Waals surface area contributed by atoms with Gasteiger partial charge in [-0.05, 0) is 35.2 Å². The Bertz CT molecular complexity index is 839. The highest BCUT2D eigenvalue weighted by atomic mass is 35.5. The highest BCUT2D eigenvalue weighted by molar-refractivity contribution is 6.35. The Balaban J connectivity index is 2.07. The van der Waals surface area contributed by atoms with Gasteiger partial charge in [0.05, 0.1) is 6.54 Å². The van der Waals surface area contributed by atoms with Gasteiger partial charge in [-0.2, -0.15) is 0 Å². The molecule has 4 heteroatoms. The topological polar surface area (TPSA) is 22.0 Å². The lowest BCUT2D eigenvalue weighted by molar-refractivity contribution is 0.768. The number of hydrogen-bond donors (Lipinski definition) is 0. The van der Waals surface area contributed by atoms with Gasteiger partial charge in [0.1, 0.15) is 0 Å². The summed E-state index contributed by atoms with van der Waals surface area (Å²) in [5, 5.41) is 2.80. The zero-order chi connectivity index (χ0) is 14.1. The Morgan fingerprint density at radius 1 is 1.00 bits per heavy atom. The molecule has 3 aromatic rings. The van der Waals surface area contributed by atoms with E-state index in [-0.39, 0.29) is 5.56 Å². The van der Waals surface area contributed by atoms with Crippen molar-refractivity contribution in [1.82, 2.24) is 4.57 Å². The first kappa shape index (κ1) is 13.2. The van der Waals surface area contributed by atoms with Crippen LogP contribution in [-0.4, -0.2) is 4.57 Å². The van der Waals surface area contributed by atoms with E-state index in [1.807, 2.05) is 36.4 Å². The lowest BCUT2D eigenvalue weighted by Gasteiger charge is -2.09. The number of pyridine rings is 1. The molecule has 20 heavy (non-hydrogen) atoms. The van der Waals surface area contributed by atoms with E-state index in [9.17, 15) is 4.79 Å². The number of rotatable bonds is 2. The van der Waals surface area contributed by atoms with Gasteiger partial charge in [-0.1, -0.05) is 47.5 Å². The summed E-state index contributed by atoms with van der Waals surface area (Å²) < 4.78 is 1.65. The maximum absolute atomic E-state index is 12.4. The van der Waals surface area contributed by atoms with Gasteiger partial charge >= 0.3 is 0 Å². The summed E-state index contributed by atoms with van der Waals surface area (Å²) in [4.78, 5) is 12.4. The summed E-state index contributed by atoms with van der Waals surface area (Å²) in [7, 11) is 0. The summed E-state index contributed by atoms with van der Waals surface area (Å²) in [5.41, 5.74) is 0.850. The van der Waals surface area contributed by atoms with Crippen LogP contribution in [0.1, 0.15) is 5.56 Å². The highest BCUT2D eigenvalue weighted by Gasteiger charge is 2.06. The van der Waals surface area contributed by atoms with Gasteiger partial charge in [0.25, 0.3) is 5.56 Å². The van der Waals surface area contributed by atoms with Crippen LogP contribution in [0, 0.1) is 0 Å². The highest BCUT2D eigenvalue weighted by Crippen LogP contribution is 2.21. The lowest BCUT2D eigenvalue weighted by atomic mass is 10.1. The summed E-state index contributed by atoms with van der Waals surface area (Å²) in [6, 6.07) is 14.8. The smallest absolute Gasteiger partial charge is 0.258 e. The fourth-order valence-corrected chi connectivity index (χ4v) is 2.66. The molecule has 0 amide bonds. The Morgan fingerprint density at radius 2 is 1.80 bits per heavy atom. The van der Waals surface area contributed by atoms with Crippen LogP contribution in [0.3, 0.4) is 0 Å². The van der Waals surface area contributed by atoms with Crippen LogP contribution >= 0.6 is 23.2 Å². The molecule has 100 valence electrons. The van der Waals surface area contributed by atoms with Crippen molar-refractivity contribution in [1.29, 1.82) is 0 Å². The third-order valence-electron chi connectivity index (χ3n) is 3.24. The Hall–Kier alpha value is -1.77. The average molecular weight is 304 g/mol. The minimum atomic E-state index is -0.0193. The van der Waals surface area contributed by atoms with Gasteiger partial charge in [-0.25, -0.2) is 0 Å². The quantitative estimate of drug-likeness (QED) is 0.689. The van der Waals surface area contributed by atoms with Crippen LogP contribution in [0.4, 0.5) is 0 Å². The second-order valence-electron chi connectivity index (χ2n) is 4.57. The van der Waals surface area contributed by atoms with Gasteiger partial charge in [-0.15, -0.1) is 0 Å². The largest absolute Gasteiger partial charge is 0.311 e. The van der Waals surface area contributed by atoms with Crippen molar-refractivity contribution < 1.29 is 0 Å². The van der Waals surface area contributed by atoms with Gasteiger partial charge in [0.15, 0.2) is 0 Å². The average Bonchev–Trinajstić information content (AvgIpc) is 2.45. The monoisotopic (exact) mass is 303 g/mol. The number of hydrogen-bond acceptors (Lipinski definition) is 1. The van der Waals surface area contributed by atoms with E-state index in [0.717, 1.165) is 10.9 Å². The fourth-order valence-electron chi connectivity index (χ4n) is 2.19. The first-order valence-corrected chi connectivity index (χ1v) is 6.93. The van der Waals surface area contributed by atoms with Crippen LogP contribution in [0.5, 0.6) is 0 Å². The van der Waals surface area contributed by atoms with Crippen LogP contribution in [0.25, 0.3) is 10.8 Å². The Kier molecular flexibility index (Phi) is 3.51. The minimum Gasteiger partial charge on any atom is -0.311 e. The Labute approximate surface area is 126 Å². The van der Waals surface area contributed by atoms with Crippen molar-refractivity contribution in [2.45, 2.75) is 6.54 Å². The molecular formula is C16H11Cl2NO. The van der Waals surface area contributed by atoms with Gasteiger partial charge in [0.2, 0.25) is 0 Å². The van der Waals surface area contributed by atoms with E-state index < -0.39 is 0 Å². The van der Waals surface area contributed by atoms with E-state index >= 15 is 0 Å². The molecule has 0 spiro atoms. The molecule has 0 saturated carbocycles. The molecule has 1 heterocycles. The summed E-state index contributed by atoms with van der Waals surface area (Å²) >= 11 is 12.0. The molecule has 0 aliphatic carbocycles. The summed E-state index contributed by atoms with van der Waals surface area (Å²) in [6.07, 6.45) is 1.79. The predicted molar refractivity (Wildman–Crippen MR) is 83.8 cm³/mol. The molecule has 0 atom stereocenters. The van der Waals surface area contributed by atoms with Crippen molar-refractivity contribution in [3.8, 4) is 0 Å². The van der Waals surface area contributed by atoms with Crippen molar-refractivity contribution in [3.63, 3.8) is 0 Å². The SMILES string of the molecule is O=c1c2ccccc2ccn1Cc1ccc(Cl)cc1Cl. The maximum atomic E-state index is 12.4. The zero-order valence-electron chi connectivity index (χ0n) is 10.5. The first-order chi connectivity index (χ1) is 9.65. The van der Waals surface area contributed by atoms with Crippen molar-refractivity contribution in [3.05, 3.63) is 80.7 Å². The van der Waals surface area contributed by atoms with Crippen LogP contribution in [-0.2, 0) is 6.54 Å². The maximum Gasteiger partial charge on any atom is 0.258 e. The van der Waals surface area contributed by atoms with Gasteiger partial charge in [-0.3, -0.25) is 4.79 Å². The van der Waals surface area contributed by atoms with Gasteiger partial charge < -0.3 is 4.57 Å². The standard InChI is InChI=1S/C16H11Cl2NO/c17-13-6-5-12(15(18)9-13)10-19-8-7-11-3-1-2-4-14(11)16(19)20/h1-9H,10H2. The second kappa shape index (κ2) is 5.31. The van der Waals surface area contributed by atoms with Crippen molar-refractivity contribution in [2.24, 2.45) is 0 Å². The second-order valence-corrected chi connectivity index (χ2v) is 5.42. The van der Waals surface area contributed by atoms with Gasteiger partial charge in [0, 0.05) is 21.6 Å². The third-order valence-corrected chi connectivity index (χ3v) is 3.83. The summed E-state index contributed by atoms with van der Waals surface area (Å²) in [5.74, 6) is 0. The van der Waals surface area contributed by atoms with E-state index in [1.165, 1.54) is 0 Å². The molecule has 0 aliphatic rings. The molecule has 2 nitrogen and oxygen atoms in total. The number of aromatic nitrogens is 1. The van der Waals surface area contributed by atoms with E-state index in [0.29, 0.717) is 22.0 Å². The molecule has 0 saturated heterocycles. The molecule has 0 fully saturated rings. The van der Waals surface area contributed by atoms with Crippen molar-refractivity contribution >= 4 is 34.0 Å². The molecule has 0 N–H and O–H groups in total. The molecule has 1 aromatic heterocycles. The van der Waals surface area contributed by atoms with E-state index in [4.69, 9.17) is 23.2 Å². The lowest BCUT2D eigenvalue weighted by Crippen LogP contribution is -2.20. The molecule has 0 aliphatic heterocycles. The number of fused-ring (bicyclic) bond motifs is 1. The van der Waals surface area contributed by atoms with Crippen LogP contribution in [0.15, 0.2) is 59.5 Å². The third kappa shape index (κ3) is 2.45. The normalized spacial score (nSPS) is 10.9. The van der Waals surface area contributed by atoms with E-state index in [2.05, 4.69) is 0 Å². The predicted octanol–water partition coefficient (Wildman–Crippen LogP) is 4.36.